The molecule has 0 spiro atoms. The first kappa shape index (κ1) is 15.7. The molecular weight excluding hydrogens is 290 g/mol. The topological polar surface area (TPSA) is 47.4 Å². The SMILES string of the molecule is CCO[C@@H]1CN(C(=O)CCc2ccccc2)Cc2ccnn2C1. The van der Waals surface area contributed by atoms with Crippen LogP contribution in [0.3, 0.4) is 0 Å². The Morgan fingerprint density at radius 1 is 1.26 bits per heavy atom. The summed E-state index contributed by atoms with van der Waals surface area (Å²) in [5.41, 5.74) is 2.27. The van der Waals surface area contributed by atoms with Crippen LogP contribution in [0.15, 0.2) is 42.6 Å². The zero-order chi connectivity index (χ0) is 16.1. The minimum Gasteiger partial charge on any atom is -0.375 e. The van der Waals surface area contributed by atoms with Crippen LogP contribution >= 0.6 is 0 Å². The normalized spacial score (nSPS) is 17.6. The molecule has 3 rings (SSSR count). The molecule has 1 aliphatic heterocycles. The molecule has 2 heterocycles. The number of fused-ring (bicyclic) bond motifs is 1. The van der Waals surface area contributed by atoms with E-state index in [0.717, 1.165) is 12.1 Å². The van der Waals surface area contributed by atoms with Crippen molar-refractivity contribution in [2.24, 2.45) is 0 Å². The summed E-state index contributed by atoms with van der Waals surface area (Å²) in [6.07, 6.45) is 3.09. The summed E-state index contributed by atoms with van der Waals surface area (Å²) in [4.78, 5) is 14.6. The molecule has 23 heavy (non-hydrogen) atoms. The number of rotatable bonds is 5. The van der Waals surface area contributed by atoms with Crippen LogP contribution in [0.5, 0.6) is 0 Å². The van der Waals surface area contributed by atoms with Crippen LogP contribution in [0.1, 0.15) is 24.6 Å². The predicted octanol–water partition coefficient (Wildman–Crippen LogP) is 2.26. The van der Waals surface area contributed by atoms with Crippen LogP contribution in [0.25, 0.3) is 0 Å². The van der Waals surface area contributed by atoms with Gasteiger partial charge in [-0.3, -0.25) is 9.48 Å². The van der Waals surface area contributed by atoms with Crippen molar-refractivity contribution >= 4 is 5.91 Å². The number of benzene rings is 1. The number of carbonyl (C=O) groups is 1. The first-order chi connectivity index (χ1) is 11.3. The molecule has 0 unspecified atom stereocenters. The molecule has 0 saturated carbocycles. The molecule has 1 aromatic heterocycles. The lowest BCUT2D eigenvalue weighted by Crippen LogP contribution is -2.37. The number of amides is 1. The summed E-state index contributed by atoms with van der Waals surface area (Å²) in [5, 5.41) is 4.34. The zero-order valence-corrected chi connectivity index (χ0v) is 13.5. The maximum Gasteiger partial charge on any atom is 0.223 e. The van der Waals surface area contributed by atoms with Gasteiger partial charge < -0.3 is 9.64 Å². The lowest BCUT2D eigenvalue weighted by atomic mass is 10.1. The molecule has 1 amide bonds. The van der Waals surface area contributed by atoms with Gasteiger partial charge in [-0.15, -0.1) is 0 Å². The summed E-state index contributed by atoms with van der Waals surface area (Å²) >= 11 is 0. The highest BCUT2D eigenvalue weighted by Crippen LogP contribution is 2.15. The molecule has 1 aliphatic rings. The van der Waals surface area contributed by atoms with E-state index in [-0.39, 0.29) is 12.0 Å². The van der Waals surface area contributed by atoms with Gasteiger partial charge in [0.25, 0.3) is 0 Å². The molecule has 0 radical (unpaired) electrons. The molecule has 1 aromatic carbocycles. The minimum absolute atomic E-state index is 0.00169. The predicted molar refractivity (Wildman–Crippen MR) is 87.8 cm³/mol. The summed E-state index contributed by atoms with van der Waals surface area (Å²) in [6.45, 7) is 4.57. The molecule has 0 saturated heterocycles. The van der Waals surface area contributed by atoms with Crippen LogP contribution < -0.4 is 0 Å². The van der Waals surface area contributed by atoms with Gasteiger partial charge in [0.1, 0.15) is 0 Å². The quantitative estimate of drug-likeness (QED) is 0.851. The van der Waals surface area contributed by atoms with Gasteiger partial charge in [-0.05, 0) is 25.0 Å². The van der Waals surface area contributed by atoms with Gasteiger partial charge in [0, 0.05) is 25.8 Å². The highest BCUT2D eigenvalue weighted by molar-refractivity contribution is 5.76. The molecule has 0 fully saturated rings. The molecule has 5 nitrogen and oxygen atoms in total. The Balaban J connectivity index is 1.66. The smallest absolute Gasteiger partial charge is 0.223 e. The van der Waals surface area contributed by atoms with E-state index in [1.807, 2.05) is 40.8 Å². The summed E-state index contributed by atoms with van der Waals surface area (Å²) in [5.74, 6) is 0.174. The van der Waals surface area contributed by atoms with Gasteiger partial charge in [-0.25, -0.2) is 0 Å². The second kappa shape index (κ2) is 7.42. The van der Waals surface area contributed by atoms with E-state index in [0.29, 0.717) is 32.7 Å². The zero-order valence-electron chi connectivity index (χ0n) is 13.5. The maximum atomic E-state index is 12.6. The Morgan fingerprint density at radius 2 is 2.09 bits per heavy atom. The number of hydrogen-bond donors (Lipinski definition) is 0. The third kappa shape index (κ3) is 3.99. The Labute approximate surface area is 136 Å². The monoisotopic (exact) mass is 313 g/mol. The first-order valence-electron chi connectivity index (χ1n) is 8.20. The van der Waals surface area contributed by atoms with Crippen molar-refractivity contribution in [3.63, 3.8) is 0 Å². The van der Waals surface area contributed by atoms with Crippen molar-refractivity contribution in [3.05, 3.63) is 53.9 Å². The average Bonchev–Trinajstić information content (AvgIpc) is 2.92. The molecule has 0 aliphatic carbocycles. The fraction of sp³-hybridized carbons (Fsp3) is 0.444. The lowest BCUT2D eigenvalue weighted by Gasteiger charge is -2.24. The first-order valence-corrected chi connectivity index (χ1v) is 8.20. The average molecular weight is 313 g/mol. The Kier molecular flexibility index (Phi) is 5.08. The van der Waals surface area contributed by atoms with Crippen molar-refractivity contribution < 1.29 is 9.53 Å². The van der Waals surface area contributed by atoms with Crippen LogP contribution in [-0.2, 0) is 29.0 Å². The molecule has 2 aromatic rings. The number of hydrogen-bond acceptors (Lipinski definition) is 3. The van der Waals surface area contributed by atoms with Crippen LogP contribution in [0.2, 0.25) is 0 Å². The van der Waals surface area contributed by atoms with E-state index in [9.17, 15) is 4.79 Å². The van der Waals surface area contributed by atoms with E-state index in [4.69, 9.17) is 4.74 Å². The van der Waals surface area contributed by atoms with E-state index in [1.54, 1.807) is 6.20 Å². The summed E-state index contributed by atoms with van der Waals surface area (Å²) < 4.78 is 7.73. The van der Waals surface area contributed by atoms with Crippen molar-refractivity contribution in [1.82, 2.24) is 14.7 Å². The number of carbonyl (C=O) groups excluding carboxylic acids is 1. The molecular formula is C18H23N3O2. The van der Waals surface area contributed by atoms with Gasteiger partial charge in [0.15, 0.2) is 0 Å². The van der Waals surface area contributed by atoms with E-state index >= 15 is 0 Å². The van der Waals surface area contributed by atoms with Crippen molar-refractivity contribution in [2.75, 3.05) is 13.2 Å². The minimum atomic E-state index is 0.00169. The fourth-order valence-electron chi connectivity index (χ4n) is 3.00. The standard InChI is InChI=1S/C18H23N3O2/c1-2-23-17-13-20(12-16-10-11-19-21(16)14-17)18(22)9-8-15-6-4-3-5-7-15/h3-7,10-11,17H,2,8-9,12-14H2,1H3/t17-/m1/s1. The third-order valence-electron chi connectivity index (χ3n) is 4.18. The summed E-state index contributed by atoms with van der Waals surface area (Å²) in [7, 11) is 0. The van der Waals surface area contributed by atoms with Gasteiger partial charge in [-0.1, -0.05) is 30.3 Å². The van der Waals surface area contributed by atoms with Gasteiger partial charge >= 0.3 is 0 Å². The molecule has 122 valence electrons. The molecule has 0 N–H and O–H groups in total. The Morgan fingerprint density at radius 3 is 2.87 bits per heavy atom. The van der Waals surface area contributed by atoms with Crippen LogP contribution in [0.4, 0.5) is 0 Å². The molecule has 0 bridgehead atoms. The van der Waals surface area contributed by atoms with Gasteiger partial charge in [0.2, 0.25) is 5.91 Å². The highest BCUT2D eigenvalue weighted by Gasteiger charge is 2.25. The van der Waals surface area contributed by atoms with Gasteiger partial charge in [-0.2, -0.15) is 5.10 Å². The summed E-state index contributed by atoms with van der Waals surface area (Å²) in [6, 6.07) is 12.1. The number of nitrogens with zero attached hydrogens (tertiary/aromatic N) is 3. The Hall–Kier alpha value is -2.14. The number of aromatic nitrogens is 2. The fourth-order valence-corrected chi connectivity index (χ4v) is 3.00. The maximum absolute atomic E-state index is 12.6. The van der Waals surface area contributed by atoms with Crippen molar-refractivity contribution in [2.45, 2.75) is 39.0 Å². The van der Waals surface area contributed by atoms with Crippen LogP contribution in [0, 0.1) is 0 Å². The number of aryl methyl sites for hydroxylation is 1. The third-order valence-corrected chi connectivity index (χ3v) is 4.18. The molecule has 1 atom stereocenters. The second-order valence-electron chi connectivity index (χ2n) is 5.84. The van der Waals surface area contributed by atoms with E-state index in [1.165, 1.54) is 5.56 Å². The van der Waals surface area contributed by atoms with E-state index in [2.05, 4.69) is 17.2 Å². The second-order valence-corrected chi connectivity index (χ2v) is 5.84. The van der Waals surface area contributed by atoms with Crippen molar-refractivity contribution in [1.29, 1.82) is 0 Å². The molecule has 5 heteroatoms. The van der Waals surface area contributed by atoms with Crippen LogP contribution in [-0.4, -0.2) is 39.8 Å². The van der Waals surface area contributed by atoms with Gasteiger partial charge in [0.05, 0.1) is 24.9 Å². The highest BCUT2D eigenvalue weighted by atomic mass is 16.5. The lowest BCUT2D eigenvalue weighted by molar-refractivity contribution is -0.133. The Bertz CT molecular complexity index is 639. The van der Waals surface area contributed by atoms with Crippen molar-refractivity contribution in [3.8, 4) is 0 Å². The van der Waals surface area contributed by atoms with E-state index < -0.39 is 0 Å². The number of ether oxygens (including phenoxy) is 1. The largest absolute Gasteiger partial charge is 0.375 e.